The van der Waals surface area contributed by atoms with Crippen LogP contribution in [0, 0.1) is 0 Å². The van der Waals surface area contributed by atoms with Crippen LogP contribution in [0.3, 0.4) is 0 Å². The molecule has 0 saturated carbocycles. The van der Waals surface area contributed by atoms with Crippen molar-refractivity contribution in [2.24, 2.45) is 0 Å². The summed E-state index contributed by atoms with van der Waals surface area (Å²) in [6.45, 7) is 0. The van der Waals surface area contributed by atoms with Gasteiger partial charge in [0, 0.05) is 11.8 Å². The molecule has 0 saturated heterocycles. The number of hydrogen-bond donors (Lipinski definition) is 0. The number of rotatable bonds is 2. The first kappa shape index (κ1) is 8.26. The number of nitrogens with zero attached hydrogens (tertiary/aromatic N) is 2. The van der Waals surface area contributed by atoms with Gasteiger partial charge in [-0.25, -0.2) is 0 Å². The van der Waals surface area contributed by atoms with Gasteiger partial charge in [0.2, 0.25) is 0 Å². The van der Waals surface area contributed by atoms with Crippen molar-refractivity contribution >= 4 is 11.6 Å². The number of alkyl halides is 1. The summed E-state index contributed by atoms with van der Waals surface area (Å²) in [5.41, 5.74) is 2.36. The summed E-state index contributed by atoms with van der Waals surface area (Å²) in [7, 11) is 0. The molecule has 0 unspecified atom stereocenters. The molecular formula is C9H7ClN2O. The molecule has 0 N–H and O–H groups in total. The second-order valence-electron chi connectivity index (χ2n) is 2.54. The summed E-state index contributed by atoms with van der Waals surface area (Å²) < 4.78 is 4.82. The third-order valence-corrected chi connectivity index (χ3v) is 1.98. The molecule has 3 nitrogen and oxygen atoms in total. The Morgan fingerprint density at radius 1 is 1.38 bits per heavy atom. The van der Waals surface area contributed by atoms with E-state index in [0.29, 0.717) is 5.88 Å². The molecule has 13 heavy (non-hydrogen) atoms. The van der Waals surface area contributed by atoms with Crippen LogP contribution in [0.25, 0.3) is 11.4 Å². The second-order valence-corrected chi connectivity index (χ2v) is 2.80. The molecule has 66 valence electrons. The molecule has 0 aliphatic heterocycles. The van der Waals surface area contributed by atoms with Crippen molar-refractivity contribution in [2.75, 3.05) is 0 Å². The molecule has 0 amide bonds. The van der Waals surface area contributed by atoms with E-state index in [0.717, 1.165) is 17.0 Å². The van der Waals surface area contributed by atoms with Gasteiger partial charge < -0.3 is 4.52 Å². The van der Waals surface area contributed by atoms with E-state index in [1.807, 2.05) is 18.2 Å². The van der Waals surface area contributed by atoms with Gasteiger partial charge in [-0.15, -0.1) is 11.6 Å². The Labute approximate surface area is 80.3 Å². The predicted molar refractivity (Wildman–Crippen MR) is 49.3 cm³/mol. The van der Waals surface area contributed by atoms with Crippen molar-refractivity contribution in [3.8, 4) is 11.4 Å². The first-order valence-corrected chi connectivity index (χ1v) is 4.36. The fourth-order valence-electron chi connectivity index (χ4n) is 1.07. The van der Waals surface area contributed by atoms with Crippen LogP contribution in [0.5, 0.6) is 0 Å². The van der Waals surface area contributed by atoms with Crippen molar-refractivity contribution in [3.05, 3.63) is 36.2 Å². The van der Waals surface area contributed by atoms with E-state index < -0.39 is 0 Å². The lowest BCUT2D eigenvalue weighted by atomic mass is 10.2. The molecule has 2 aromatic heterocycles. The Morgan fingerprint density at radius 2 is 2.31 bits per heavy atom. The Morgan fingerprint density at radius 3 is 3.00 bits per heavy atom. The molecule has 0 aliphatic carbocycles. The zero-order chi connectivity index (χ0) is 9.10. The van der Waals surface area contributed by atoms with E-state index in [1.165, 1.54) is 6.26 Å². The largest absolute Gasteiger partial charge is 0.364 e. The van der Waals surface area contributed by atoms with Crippen molar-refractivity contribution in [3.63, 3.8) is 0 Å². The maximum atomic E-state index is 5.70. The molecule has 4 heteroatoms. The van der Waals surface area contributed by atoms with Crippen molar-refractivity contribution in [1.82, 2.24) is 10.1 Å². The summed E-state index contributed by atoms with van der Waals surface area (Å²) >= 11 is 5.70. The average molecular weight is 195 g/mol. The van der Waals surface area contributed by atoms with Crippen molar-refractivity contribution in [2.45, 2.75) is 5.88 Å². The smallest absolute Gasteiger partial charge is 0.136 e. The molecule has 0 fully saturated rings. The van der Waals surface area contributed by atoms with Crippen LogP contribution in [-0.4, -0.2) is 10.1 Å². The number of halogens is 1. The van der Waals surface area contributed by atoms with Crippen LogP contribution in [-0.2, 0) is 5.88 Å². The topological polar surface area (TPSA) is 38.9 Å². The molecule has 0 radical (unpaired) electrons. The molecule has 0 aliphatic rings. The summed E-state index contributed by atoms with van der Waals surface area (Å²) in [5, 5.41) is 3.84. The standard InChI is InChI=1S/C9H7ClN2O/c10-5-7-6-13-12-9(7)8-3-1-2-4-11-8/h1-4,6H,5H2. The van der Waals surface area contributed by atoms with Gasteiger partial charge in [0.05, 0.1) is 11.6 Å². The van der Waals surface area contributed by atoms with Crippen LogP contribution in [0.4, 0.5) is 0 Å². The van der Waals surface area contributed by atoms with Gasteiger partial charge in [-0.1, -0.05) is 11.2 Å². The van der Waals surface area contributed by atoms with E-state index in [4.69, 9.17) is 16.1 Å². The van der Waals surface area contributed by atoms with E-state index in [9.17, 15) is 0 Å². The number of hydrogen-bond acceptors (Lipinski definition) is 3. The van der Waals surface area contributed by atoms with Gasteiger partial charge in [-0.3, -0.25) is 4.98 Å². The highest BCUT2D eigenvalue weighted by Gasteiger charge is 2.09. The summed E-state index contributed by atoms with van der Waals surface area (Å²) in [4.78, 5) is 4.15. The molecular weight excluding hydrogens is 188 g/mol. The SMILES string of the molecule is ClCc1conc1-c1ccccn1. The molecule has 2 rings (SSSR count). The van der Waals surface area contributed by atoms with Crippen LogP contribution in [0.2, 0.25) is 0 Å². The van der Waals surface area contributed by atoms with Crippen LogP contribution >= 0.6 is 11.6 Å². The molecule has 0 atom stereocenters. The minimum atomic E-state index is 0.384. The van der Waals surface area contributed by atoms with Crippen LogP contribution in [0.15, 0.2) is 35.2 Å². The van der Waals surface area contributed by atoms with Gasteiger partial charge in [0.25, 0.3) is 0 Å². The average Bonchev–Trinajstić information content (AvgIpc) is 2.67. The fourth-order valence-corrected chi connectivity index (χ4v) is 1.26. The van der Waals surface area contributed by atoms with Crippen LogP contribution < -0.4 is 0 Å². The third-order valence-electron chi connectivity index (χ3n) is 1.69. The van der Waals surface area contributed by atoms with E-state index in [2.05, 4.69) is 10.1 Å². The first-order valence-electron chi connectivity index (χ1n) is 3.82. The second kappa shape index (κ2) is 3.58. The van der Waals surface area contributed by atoms with Gasteiger partial charge in [0.1, 0.15) is 12.0 Å². The fraction of sp³-hybridized carbons (Fsp3) is 0.111. The van der Waals surface area contributed by atoms with Gasteiger partial charge in [0.15, 0.2) is 0 Å². The maximum Gasteiger partial charge on any atom is 0.136 e. The van der Waals surface area contributed by atoms with Gasteiger partial charge >= 0.3 is 0 Å². The van der Waals surface area contributed by atoms with Gasteiger partial charge in [-0.05, 0) is 12.1 Å². The Hall–Kier alpha value is -1.35. The number of pyridine rings is 1. The number of aromatic nitrogens is 2. The highest BCUT2D eigenvalue weighted by Crippen LogP contribution is 2.20. The lowest BCUT2D eigenvalue weighted by Gasteiger charge is -1.94. The minimum absolute atomic E-state index is 0.384. The summed E-state index contributed by atoms with van der Waals surface area (Å²) in [5.74, 6) is 0.384. The Bertz CT molecular complexity index is 386. The quantitative estimate of drug-likeness (QED) is 0.690. The van der Waals surface area contributed by atoms with Gasteiger partial charge in [-0.2, -0.15) is 0 Å². The summed E-state index contributed by atoms with van der Waals surface area (Å²) in [6, 6.07) is 5.62. The lowest BCUT2D eigenvalue weighted by molar-refractivity contribution is 0.421. The first-order chi connectivity index (χ1) is 6.42. The highest BCUT2D eigenvalue weighted by atomic mass is 35.5. The predicted octanol–water partition coefficient (Wildman–Crippen LogP) is 2.48. The lowest BCUT2D eigenvalue weighted by Crippen LogP contribution is -1.85. The van der Waals surface area contributed by atoms with Crippen LogP contribution in [0.1, 0.15) is 5.56 Å². The molecule has 0 aromatic carbocycles. The monoisotopic (exact) mass is 194 g/mol. The zero-order valence-corrected chi connectivity index (χ0v) is 7.53. The normalized spacial score (nSPS) is 10.2. The van der Waals surface area contributed by atoms with E-state index in [1.54, 1.807) is 6.20 Å². The minimum Gasteiger partial charge on any atom is -0.364 e. The van der Waals surface area contributed by atoms with E-state index in [-0.39, 0.29) is 0 Å². The molecule has 2 heterocycles. The zero-order valence-electron chi connectivity index (χ0n) is 6.77. The maximum absolute atomic E-state index is 5.70. The van der Waals surface area contributed by atoms with Crippen molar-refractivity contribution < 1.29 is 4.52 Å². The van der Waals surface area contributed by atoms with E-state index >= 15 is 0 Å². The van der Waals surface area contributed by atoms with Crippen molar-refractivity contribution in [1.29, 1.82) is 0 Å². The highest BCUT2D eigenvalue weighted by molar-refractivity contribution is 6.17. The molecule has 0 bridgehead atoms. The Balaban J connectivity index is 2.47. The Kier molecular flexibility index (Phi) is 2.27. The molecule has 2 aromatic rings. The molecule has 0 spiro atoms. The summed E-state index contributed by atoms with van der Waals surface area (Å²) in [6.07, 6.45) is 3.25. The third kappa shape index (κ3) is 1.55.